The van der Waals surface area contributed by atoms with E-state index in [1.807, 2.05) is 0 Å². The Morgan fingerprint density at radius 3 is 1.25 bits per heavy atom. The molecule has 0 aromatic heterocycles. The summed E-state index contributed by atoms with van der Waals surface area (Å²) in [4.78, 5) is 0. The van der Waals surface area contributed by atoms with Gasteiger partial charge in [-0.3, -0.25) is 0 Å². The second kappa shape index (κ2) is 19.9. The van der Waals surface area contributed by atoms with Gasteiger partial charge in [0.1, 0.15) is 0 Å². The molecule has 1 N–H and O–H groups in total. The van der Waals surface area contributed by atoms with Gasteiger partial charge in [0, 0.05) is 28.1 Å². The zero-order chi connectivity index (χ0) is 14.2. The molecule has 0 fully saturated rings. The molecule has 0 spiro atoms. The van der Waals surface area contributed by atoms with Crippen LogP contribution in [-0.4, -0.2) is 14.5 Å². The maximum absolute atomic E-state index is 10.4. The Morgan fingerprint density at radius 2 is 0.950 bits per heavy atom. The Labute approximate surface area is 144 Å². The van der Waals surface area contributed by atoms with E-state index in [4.69, 9.17) is 4.55 Å². The molecule has 0 aromatic rings. The first kappa shape index (κ1) is 23.1. The molecule has 0 aromatic carbocycles. The van der Waals surface area contributed by atoms with E-state index in [2.05, 4.69) is 6.92 Å². The van der Waals surface area contributed by atoms with Crippen molar-refractivity contribution in [3.63, 3.8) is 0 Å². The summed E-state index contributed by atoms with van der Waals surface area (Å²) < 4.78 is 19.0. The van der Waals surface area contributed by atoms with Crippen molar-refractivity contribution in [1.29, 1.82) is 0 Å². The fourth-order valence-corrected chi connectivity index (χ4v) is 2.87. The zero-order valence-electron chi connectivity index (χ0n) is 13.2. The standard InChI is InChI=1S/C16H34O2S.Ag/c1-2-3-4-5-6-7-8-9-10-11-12-13-14-15-16-19(17)18;/h2-16H2,1H3,(H,17,18);. The molecule has 0 bridgehead atoms. The number of rotatable bonds is 15. The third-order valence-electron chi connectivity index (χ3n) is 3.67. The van der Waals surface area contributed by atoms with E-state index in [1.165, 1.54) is 77.0 Å². The zero-order valence-corrected chi connectivity index (χ0v) is 15.5. The van der Waals surface area contributed by atoms with E-state index in [0.717, 1.165) is 12.8 Å². The molecule has 0 rings (SSSR count). The van der Waals surface area contributed by atoms with E-state index in [-0.39, 0.29) is 22.4 Å². The van der Waals surface area contributed by atoms with E-state index >= 15 is 0 Å². The molecule has 1 unspecified atom stereocenters. The van der Waals surface area contributed by atoms with Crippen LogP contribution in [0.5, 0.6) is 0 Å². The second-order valence-electron chi connectivity index (χ2n) is 5.62. The van der Waals surface area contributed by atoms with E-state index in [0.29, 0.717) is 5.75 Å². The summed E-state index contributed by atoms with van der Waals surface area (Å²) in [5.41, 5.74) is 0. The molecule has 0 aliphatic carbocycles. The minimum atomic E-state index is -1.58. The number of hydrogen-bond acceptors (Lipinski definition) is 1. The molecule has 127 valence electrons. The normalized spacial score (nSPS) is 12.1. The molecule has 0 saturated heterocycles. The molecule has 0 heterocycles. The largest absolute Gasteiger partial charge is 0.306 e. The van der Waals surface area contributed by atoms with Gasteiger partial charge in [0.2, 0.25) is 0 Å². The first-order valence-corrected chi connectivity index (χ1v) is 9.62. The van der Waals surface area contributed by atoms with Gasteiger partial charge in [-0.15, -0.1) is 0 Å². The maximum atomic E-state index is 10.4. The van der Waals surface area contributed by atoms with Crippen LogP contribution in [0.2, 0.25) is 0 Å². The van der Waals surface area contributed by atoms with Crippen LogP contribution >= 0.6 is 0 Å². The Kier molecular flexibility index (Phi) is 22.9. The second-order valence-corrected chi connectivity index (χ2v) is 6.67. The maximum Gasteiger partial charge on any atom is 0.152 e. The summed E-state index contributed by atoms with van der Waals surface area (Å²) in [5.74, 6) is 0.456. The Balaban J connectivity index is 0. The van der Waals surface area contributed by atoms with Crippen LogP contribution in [0.3, 0.4) is 0 Å². The van der Waals surface area contributed by atoms with Crippen LogP contribution in [0, 0.1) is 0 Å². The van der Waals surface area contributed by atoms with Gasteiger partial charge < -0.3 is 4.55 Å². The average Bonchev–Trinajstić information content (AvgIpc) is 2.39. The molecular weight excluding hydrogens is 364 g/mol. The van der Waals surface area contributed by atoms with Gasteiger partial charge in [0.25, 0.3) is 0 Å². The number of unbranched alkanes of at least 4 members (excludes halogenated alkanes) is 13. The minimum Gasteiger partial charge on any atom is -0.306 e. The monoisotopic (exact) mass is 397 g/mol. The Morgan fingerprint density at radius 1 is 0.650 bits per heavy atom. The van der Waals surface area contributed by atoms with Crippen LogP contribution in [-0.2, 0) is 33.5 Å². The average molecular weight is 398 g/mol. The van der Waals surface area contributed by atoms with E-state index < -0.39 is 11.1 Å². The SMILES string of the molecule is CCCCCCCCCCCCCCCCS(=O)O.[Ag]. The summed E-state index contributed by atoms with van der Waals surface area (Å²) in [5, 5.41) is 0. The van der Waals surface area contributed by atoms with Crippen LogP contribution in [0.15, 0.2) is 0 Å². The van der Waals surface area contributed by atoms with Crippen molar-refractivity contribution in [3.8, 4) is 0 Å². The molecule has 2 nitrogen and oxygen atoms in total. The van der Waals surface area contributed by atoms with Crippen molar-refractivity contribution in [2.24, 2.45) is 0 Å². The Hall–Kier alpha value is 0.850. The molecule has 20 heavy (non-hydrogen) atoms. The summed E-state index contributed by atoms with van der Waals surface area (Å²) in [7, 11) is 0. The first-order chi connectivity index (χ1) is 9.27. The molecule has 0 saturated carbocycles. The van der Waals surface area contributed by atoms with Crippen LogP contribution in [0.4, 0.5) is 0 Å². The van der Waals surface area contributed by atoms with Gasteiger partial charge in [-0.25, -0.2) is 4.21 Å². The molecule has 0 amide bonds. The third-order valence-corrected chi connectivity index (χ3v) is 4.31. The van der Waals surface area contributed by atoms with Crippen LogP contribution in [0.25, 0.3) is 0 Å². The molecular formula is C16H34AgO2S. The van der Waals surface area contributed by atoms with Crippen molar-refractivity contribution in [2.45, 2.75) is 96.8 Å². The van der Waals surface area contributed by atoms with Gasteiger partial charge >= 0.3 is 0 Å². The molecule has 4 heteroatoms. The minimum absolute atomic E-state index is 0. The predicted octanol–water partition coefficient (Wildman–Crippen LogP) is 5.69. The third kappa shape index (κ3) is 21.2. The van der Waals surface area contributed by atoms with Gasteiger partial charge in [-0.1, -0.05) is 90.4 Å². The number of hydrogen-bond donors (Lipinski definition) is 1. The van der Waals surface area contributed by atoms with Crippen molar-refractivity contribution in [3.05, 3.63) is 0 Å². The topological polar surface area (TPSA) is 37.3 Å². The van der Waals surface area contributed by atoms with Gasteiger partial charge in [0.15, 0.2) is 11.1 Å². The van der Waals surface area contributed by atoms with Crippen LogP contribution in [0.1, 0.15) is 96.8 Å². The Bertz CT molecular complexity index is 201. The molecule has 0 aliphatic rings. The van der Waals surface area contributed by atoms with Crippen molar-refractivity contribution < 1.29 is 31.1 Å². The van der Waals surface area contributed by atoms with Crippen molar-refractivity contribution >= 4 is 11.1 Å². The summed E-state index contributed by atoms with van der Waals surface area (Å²) in [6.07, 6.45) is 18.5. The summed E-state index contributed by atoms with van der Waals surface area (Å²) in [6.45, 7) is 2.27. The van der Waals surface area contributed by atoms with E-state index in [9.17, 15) is 4.21 Å². The summed E-state index contributed by atoms with van der Waals surface area (Å²) in [6, 6.07) is 0. The predicted molar refractivity (Wildman–Crippen MR) is 86.0 cm³/mol. The molecule has 1 atom stereocenters. The van der Waals surface area contributed by atoms with Crippen molar-refractivity contribution in [2.75, 3.05) is 5.75 Å². The molecule has 1 radical (unpaired) electrons. The first-order valence-electron chi connectivity index (χ1n) is 8.35. The van der Waals surface area contributed by atoms with Crippen molar-refractivity contribution in [1.82, 2.24) is 0 Å². The fourth-order valence-electron chi connectivity index (χ4n) is 2.42. The van der Waals surface area contributed by atoms with Crippen LogP contribution < -0.4 is 0 Å². The summed E-state index contributed by atoms with van der Waals surface area (Å²) >= 11 is -1.58. The van der Waals surface area contributed by atoms with Gasteiger partial charge in [-0.05, 0) is 6.42 Å². The van der Waals surface area contributed by atoms with Gasteiger partial charge in [-0.2, -0.15) is 0 Å². The quantitative estimate of drug-likeness (QED) is 0.219. The fraction of sp³-hybridized carbons (Fsp3) is 1.00. The molecule has 0 aliphatic heterocycles. The van der Waals surface area contributed by atoms with Gasteiger partial charge in [0.05, 0.1) is 0 Å². The smallest absolute Gasteiger partial charge is 0.152 e. The van der Waals surface area contributed by atoms with E-state index in [1.54, 1.807) is 0 Å².